The van der Waals surface area contributed by atoms with Gasteiger partial charge in [0.25, 0.3) is 0 Å². The van der Waals surface area contributed by atoms with Crippen molar-refractivity contribution >= 4 is 50.5 Å². The molecule has 6 heteroatoms. The maximum Gasteiger partial charge on any atom is 0.143 e. The van der Waals surface area contributed by atoms with Crippen LogP contribution in [0.2, 0.25) is 10.0 Å². The van der Waals surface area contributed by atoms with Gasteiger partial charge in [0, 0.05) is 9.50 Å². The lowest BCUT2D eigenvalue weighted by molar-refractivity contribution is 0.476. The minimum Gasteiger partial charge on any atom is -0.506 e. The summed E-state index contributed by atoms with van der Waals surface area (Å²) in [5.41, 5.74) is 0.843. The number of aromatic hydroxyl groups is 1. The normalized spacial score (nSPS) is 11.1. The van der Waals surface area contributed by atoms with Gasteiger partial charge in [0.05, 0.1) is 5.02 Å². The molecule has 2 aromatic rings. The van der Waals surface area contributed by atoms with Gasteiger partial charge >= 0.3 is 0 Å². The van der Waals surface area contributed by atoms with Gasteiger partial charge in [-0.05, 0) is 36.4 Å². The van der Waals surface area contributed by atoms with Gasteiger partial charge in [-0.1, -0.05) is 39.1 Å². The first-order valence-electron chi connectivity index (χ1n) is 4.91. The average molecular weight is 346 g/mol. The molecule has 0 radical (unpaired) electrons. The Labute approximate surface area is 122 Å². The molecule has 0 saturated heterocycles. The maximum absolute atomic E-state index is 9.60. The van der Waals surface area contributed by atoms with Gasteiger partial charge in [0.2, 0.25) is 0 Å². The summed E-state index contributed by atoms with van der Waals surface area (Å²) in [6.45, 7) is 0. The molecule has 0 aliphatic heterocycles. The van der Waals surface area contributed by atoms with Crippen molar-refractivity contribution in [1.29, 1.82) is 0 Å². The maximum atomic E-state index is 9.60. The van der Waals surface area contributed by atoms with Gasteiger partial charge in [-0.3, -0.25) is 0 Å². The van der Waals surface area contributed by atoms with Gasteiger partial charge in [-0.25, -0.2) is 0 Å². The SMILES string of the molecule is Oc1ccc(Br)cc1N=Nc1ccc(Cl)cc1Cl. The Bertz CT molecular complexity index is 617. The molecule has 0 bridgehead atoms. The summed E-state index contributed by atoms with van der Waals surface area (Å²) in [6.07, 6.45) is 0. The van der Waals surface area contributed by atoms with Crippen molar-refractivity contribution in [3.8, 4) is 5.75 Å². The van der Waals surface area contributed by atoms with Crippen LogP contribution < -0.4 is 0 Å². The van der Waals surface area contributed by atoms with E-state index < -0.39 is 0 Å². The number of phenols is 1. The molecule has 2 aromatic carbocycles. The first-order valence-corrected chi connectivity index (χ1v) is 6.46. The summed E-state index contributed by atoms with van der Waals surface area (Å²) in [4.78, 5) is 0. The molecule has 0 unspecified atom stereocenters. The van der Waals surface area contributed by atoms with E-state index >= 15 is 0 Å². The largest absolute Gasteiger partial charge is 0.506 e. The van der Waals surface area contributed by atoms with E-state index in [2.05, 4.69) is 26.2 Å². The molecule has 0 aliphatic carbocycles. The van der Waals surface area contributed by atoms with Gasteiger partial charge in [0.1, 0.15) is 17.1 Å². The van der Waals surface area contributed by atoms with Crippen LogP contribution in [-0.2, 0) is 0 Å². The standard InChI is InChI=1S/C12H7BrCl2N2O/c13-7-1-4-12(18)11(5-7)17-16-10-3-2-8(14)6-9(10)15/h1-6,18H. The minimum atomic E-state index is 0.0482. The number of hydrogen-bond acceptors (Lipinski definition) is 3. The van der Waals surface area contributed by atoms with E-state index in [1.54, 1.807) is 30.3 Å². The van der Waals surface area contributed by atoms with Crippen molar-refractivity contribution in [2.75, 3.05) is 0 Å². The molecular formula is C12H7BrCl2N2O. The van der Waals surface area contributed by atoms with E-state index in [-0.39, 0.29) is 5.75 Å². The van der Waals surface area contributed by atoms with E-state index in [0.29, 0.717) is 21.4 Å². The van der Waals surface area contributed by atoms with Gasteiger partial charge < -0.3 is 5.11 Å². The Kier molecular flexibility index (Phi) is 4.22. The van der Waals surface area contributed by atoms with Crippen molar-refractivity contribution in [2.45, 2.75) is 0 Å². The van der Waals surface area contributed by atoms with Crippen molar-refractivity contribution in [3.63, 3.8) is 0 Å². The quantitative estimate of drug-likeness (QED) is 0.679. The predicted octanol–water partition coefficient (Wildman–Crippen LogP) is 5.88. The molecule has 0 amide bonds. The Hall–Kier alpha value is -1.10. The molecule has 2 rings (SSSR count). The van der Waals surface area contributed by atoms with Crippen molar-refractivity contribution in [3.05, 3.63) is 50.9 Å². The number of hydrogen-bond donors (Lipinski definition) is 1. The van der Waals surface area contributed by atoms with Crippen LogP contribution in [0.15, 0.2) is 51.1 Å². The zero-order valence-electron chi connectivity index (χ0n) is 8.94. The highest BCUT2D eigenvalue weighted by atomic mass is 79.9. The van der Waals surface area contributed by atoms with Gasteiger partial charge in [-0.2, -0.15) is 0 Å². The number of phenolic OH excluding ortho intramolecular Hbond substituents is 1. The molecule has 18 heavy (non-hydrogen) atoms. The lowest BCUT2D eigenvalue weighted by Gasteiger charge is -1.99. The zero-order valence-corrected chi connectivity index (χ0v) is 12.0. The van der Waals surface area contributed by atoms with Gasteiger partial charge in [0.15, 0.2) is 0 Å². The Morgan fingerprint density at radius 2 is 1.67 bits per heavy atom. The summed E-state index contributed by atoms with van der Waals surface area (Å²) in [6, 6.07) is 9.80. The smallest absolute Gasteiger partial charge is 0.143 e. The molecule has 0 aliphatic rings. The molecule has 92 valence electrons. The van der Waals surface area contributed by atoms with Crippen LogP contribution in [0.1, 0.15) is 0 Å². The molecule has 0 fully saturated rings. The number of halogens is 3. The molecule has 1 N–H and O–H groups in total. The van der Waals surface area contributed by atoms with Gasteiger partial charge in [-0.15, -0.1) is 10.2 Å². The van der Waals surface area contributed by atoms with E-state index in [0.717, 1.165) is 4.47 Å². The molecular weight excluding hydrogens is 339 g/mol. The summed E-state index contributed by atoms with van der Waals surface area (Å²) in [5, 5.41) is 18.5. The second-order valence-corrected chi connectivity index (χ2v) is 5.19. The van der Waals surface area contributed by atoms with Crippen LogP contribution in [0, 0.1) is 0 Å². The fraction of sp³-hybridized carbons (Fsp3) is 0. The third kappa shape index (κ3) is 3.22. The highest BCUT2D eigenvalue weighted by Gasteiger charge is 2.02. The third-order valence-corrected chi connectivity index (χ3v) is 3.14. The van der Waals surface area contributed by atoms with Crippen LogP contribution in [0.25, 0.3) is 0 Å². The van der Waals surface area contributed by atoms with E-state index in [9.17, 15) is 5.11 Å². The third-order valence-electron chi connectivity index (χ3n) is 2.11. The highest BCUT2D eigenvalue weighted by Crippen LogP contribution is 2.33. The van der Waals surface area contributed by atoms with E-state index in [1.807, 2.05) is 0 Å². The summed E-state index contributed by atoms with van der Waals surface area (Å²) in [7, 11) is 0. The first kappa shape index (κ1) is 13.3. The predicted molar refractivity (Wildman–Crippen MR) is 76.4 cm³/mol. The average Bonchev–Trinajstić information content (AvgIpc) is 2.32. The second kappa shape index (κ2) is 5.69. The Morgan fingerprint density at radius 1 is 0.944 bits per heavy atom. The van der Waals surface area contributed by atoms with Crippen LogP contribution in [0.5, 0.6) is 5.75 Å². The summed E-state index contributed by atoms with van der Waals surface area (Å²) < 4.78 is 0.802. The molecule has 0 saturated carbocycles. The summed E-state index contributed by atoms with van der Waals surface area (Å²) >= 11 is 15.0. The highest BCUT2D eigenvalue weighted by molar-refractivity contribution is 9.10. The minimum absolute atomic E-state index is 0.0482. The first-order chi connectivity index (χ1) is 8.56. The topological polar surface area (TPSA) is 45.0 Å². The Morgan fingerprint density at radius 3 is 2.39 bits per heavy atom. The molecule has 0 heterocycles. The summed E-state index contributed by atoms with van der Waals surface area (Å²) in [5.74, 6) is 0.0482. The van der Waals surface area contributed by atoms with Crippen molar-refractivity contribution in [1.82, 2.24) is 0 Å². The van der Waals surface area contributed by atoms with Crippen molar-refractivity contribution < 1.29 is 5.11 Å². The van der Waals surface area contributed by atoms with Crippen LogP contribution in [0.4, 0.5) is 11.4 Å². The molecule has 3 nitrogen and oxygen atoms in total. The number of azo groups is 1. The molecule has 0 atom stereocenters. The van der Waals surface area contributed by atoms with Crippen LogP contribution in [0.3, 0.4) is 0 Å². The second-order valence-electron chi connectivity index (χ2n) is 3.43. The number of nitrogens with zero attached hydrogens (tertiary/aromatic N) is 2. The number of rotatable bonds is 2. The molecule has 0 aromatic heterocycles. The lowest BCUT2D eigenvalue weighted by Crippen LogP contribution is -1.71. The fourth-order valence-electron chi connectivity index (χ4n) is 1.25. The van der Waals surface area contributed by atoms with Crippen LogP contribution >= 0.6 is 39.1 Å². The van der Waals surface area contributed by atoms with Crippen LogP contribution in [-0.4, -0.2) is 5.11 Å². The molecule has 0 spiro atoms. The van der Waals surface area contributed by atoms with E-state index in [4.69, 9.17) is 23.2 Å². The fourth-order valence-corrected chi connectivity index (χ4v) is 2.04. The van der Waals surface area contributed by atoms with Crippen molar-refractivity contribution in [2.24, 2.45) is 10.2 Å². The number of benzene rings is 2. The Balaban J connectivity index is 2.32. The van der Waals surface area contributed by atoms with E-state index in [1.165, 1.54) is 6.07 Å². The lowest BCUT2D eigenvalue weighted by atomic mass is 10.3. The zero-order chi connectivity index (χ0) is 13.1. The monoisotopic (exact) mass is 344 g/mol.